The zero-order chi connectivity index (χ0) is 8.10. The molecule has 3 nitrogen and oxygen atoms in total. The van der Waals surface area contributed by atoms with Crippen molar-refractivity contribution >= 4 is 0 Å². The number of hydrogen-bond donors (Lipinski definition) is 1. The Kier molecular flexibility index (Phi) is 2.45. The predicted molar refractivity (Wildman–Crippen MR) is 41.4 cm³/mol. The molecule has 1 atom stereocenters. The van der Waals surface area contributed by atoms with Crippen molar-refractivity contribution in [2.75, 3.05) is 0 Å². The molecule has 0 spiro atoms. The van der Waals surface area contributed by atoms with Gasteiger partial charge >= 0.3 is 0 Å². The molecule has 0 saturated carbocycles. The molecule has 1 N–H and O–H groups in total. The van der Waals surface area contributed by atoms with Gasteiger partial charge in [-0.15, -0.1) is 0 Å². The van der Waals surface area contributed by atoms with Crippen molar-refractivity contribution in [2.45, 2.75) is 13.0 Å². The lowest BCUT2D eigenvalue weighted by molar-refractivity contribution is 0.694. The second-order valence-electron chi connectivity index (χ2n) is 2.26. The number of aromatic nitrogens is 1. The highest BCUT2D eigenvalue weighted by Crippen LogP contribution is 2.08. The average molecular weight is 147 g/mol. The third kappa shape index (κ3) is 1.94. The molecule has 0 bridgehead atoms. The number of nitrogens with zero attached hydrogens (tertiary/aromatic N) is 2. The van der Waals surface area contributed by atoms with Crippen LogP contribution in [0, 0.1) is 11.5 Å². The summed E-state index contributed by atoms with van der Waals surface area (Å²) in [5, 5.41) is 10.9. The molecular formula is C8H9N3. The fourth-order valence-electron chi connectivity index (χ4n) is 0.812. The maximum Gasteiger partial charge on any atom is 0.177 e. The first kappa shape index (κ1) is 7.55. The van der Waals surface area contributed by atoms with Crippen LogP contribution < -0.4 is 5.32 Å². The van der Waals surface area contributed by atoms with Crippen molar-refractivity contribution in [1.82, 2.24) is 10.3 Å². The van der Waals surface area contributed by atoms with E-state index in [9.17, 15) is 0 Å². The molecule has 0 aliphatic rings. The first-order valence-corrected chi connectivity index (χ1v) is 3.39. The summed E-state index contributed by atoms with van der Waals surface area (Å²) in [5.41, 5.74) is 1.02. The van der Waals surface area contributed by atoms with Crippen molar-refractivity contribution in [3.05, 3.63) is 30.1 Å². The van der Waals surface area contributed by atoms with Crippen LogP contribution in [-0.4, -0.2) is 4.98 Å². The summed E-state index contributed by atoms with van der Waals surface area (Å²) >= 11 is 0. The molecule has 11 heavy (non-hydrogen) atoms. The molecule has 0 amide bonds. The summed E-state index contributed by atoms with van der Waals surface area (Å²) in [4.78, 5) is 3.94. The smallest absolute Gasteiger partial charge is 0.177 e. The molecule has 0 radical (unpaired) electrons. The Balaban J connectivity index is 2.70. The minimum Gasteiger partial charge on any atom is -0.317 e. The first-order valence-electron chi connectivity index (χ1n) is 3.39. The van der Waals surface area contributed by atoms with Gasteiger partial charge in [-0.3, -0.25) is 4.98 Å². The standard InChI is InChI=1S/C8H9N3/c1-7(11-6-9)8-3-2-4-10-5-8/h2-5,7,11H,1H3/t7-/m1/s1. The van der Waals surface area contributed by atoms with Gasteiger partial charge < -0.3 is 5.32 Å². The molecule has 0 aliphatic heterocycles. The van der Waals surface area contributed by atoms with E-state index in [1.54, 1.807) is 12.4 Å². The maximum absolute atomic E-state index is 8.32. The number of nitrogens with one attached hydrogen (secondary N) is 1. The largest absolute Gasteiger partial charge is 0.317 e. The maximum atomic E-state index is 8.32. The fourth-order valence-corrected chi connectivity index (χ4v) is 0.812. The van der Waals surface area contributed by atoms with Gasteiger partial charge in [0.25, 0.3) is 0 Å². The van der Waals surface area contributed by atoms with E-state index in [1.807, 2.05) is 25.2 Å². The van der Waals surface area contributed by atoms with Gasteiger partial charge in [0.1, 0.15) is 0 Å². The van der Waals surface area contributed by atoms with Crippen molar-refractivity contribution in [3.63, 3.8) is 0 Å². The van der Waals surface area contributed by atoms with Gasteiger partial charge in [0.2, 0.25) is 0 Å². The molecule has 0 aromatic carbocycles. The zero-order valence-corrected chi connectivity index (χ0v) is 6.28. The number of rotatable bonds is 2. The van der Waals surface area contributed by atoms with E-state index in [1.165, 1.54) is 0 Å². The van der Waals surface area contributed by atoms with Crippen LogP contribution in [0.4, 0.5) is 0 Å². The monoisotopic (exact) mass is 147 g/mol. The van der Waals surface area contributed by atoms with Crippen LogP contribution >= 0.6 is 0 Å². The van der Waals surface area contributed by atoms with Crippen LogP contribution in [0.2, 0.25) is 0 Å². The number of nitriles is 1. The molecule has 0 saturated heterocycles. The van der Waals surface area contributed by atoms with Crippen molar-refractivity contribution in [1.29, 1.82) is 5.26 Å². The third-order valence-corrected chi connectivity index (χ3v) is 1.47. The van der Waals surface area contributed by atoms with Gasteiger partial charge in [-0.1, -0.05) is 6.07 Å². The Morgan fingerprint density at radius 2 is 2.55 bits per heavy atom. The molecule has 1 aromatic heterocycles. The fraction of sp³-hybridized carbons (Fsp3) is 0.250. The molecule has 1 heterocycles. The van der Waals surface area contributed by atoms with Gasteiger partial charge in [-0.25, -0.2) is 0 Å². The van der Waals surface area contributed by atoms with Gasteiger partial charge in [0, 0.05) is 12.4 Å². The lowest BCUT2D eigenvalue weighted by atomic mass is 10.1. The van der Waals surface area contributed by atoms with Crippen LogP contribution in [-0.2, 0) is 0 Å². The SMILES string of the molecule is C[C@@H](NC#N)c1cccnc1. The molecule has 1 rings (SSSR count). The van der Waals surface area contributed by atoms with Gasteiger partial charge in [0.05, 0.1) is 6.04 Å². The summed E-state index contributed by atoms with van der Waals surface area (Å²) in [6.45, 7) is 1.92. The van der Waals surface area contributed by atoms with Gasteiger partial charge in [0.15, 0.2) is 6.19 Å². The van der Waals surface area contributed by atoms with Crippen molar-refractivity contribution in [2.24, 2.45) is 0 Å². The van der Waals surface area contributed by atoms with E-state index in [0.29, 0.717) is 0 Å². The van der Waals surface area contributed by atoms with E-state index in [2.05, 4.69) is 10.3 Å². The first-order chi connectivity index (χ1) is 5.34. The molecule has 0 aliphatic carbocycles. The van der Waals surface area contributed by atoms with E-state index in [0.717, 1.165) is 5.56 Å². The van der Waals surface area contributed by atoms with Crippen LogP contribution in [0.25, 0.3) is 0 Å². The topological polar surface area (TPSA) is 48.7 Å². The quantitative estimate of drug-likeness (QED) is 0.505. The molecule has 3 heteroatoms. The molecular weight excluding hydrogens is 138 g/mol. The Hall–Kier alpha value is -1.56. The normalized spacial score (nSPS) is 11.6. The molecule has 0 unspecified atom stereocenters. The van der Waals surface area contributed by atoms with Crippen LogP contribution in [0.5, 0.6) is 0 Å². The summed E-state index contributed by atoms with van der Waals surface area (Å²) in [6.07, 6.45) is 5.34. The Labute approximate surface area is 65.7 Å². The Bertz CT molecular complexity index is 250. The predicted octanol–water partition coefficient (Wildman–Crippen LogP) is 1.21. The highest BCUT2D eigenvalue weighted by atomic mass is 14.9. The molecule has 56 valence electrons. The van der Waals surface area contributed by atoms with Crippen LogP contribution in [0.1, 0.15) is 18.5 Å². The lowest BCUT2D eigenvalue weighted by Gasteiger charge is -2.06. The second kappa shape index (κ2) is 3.57. The summed E-state index contributed by atoms with van der Waals surface area (Å²) < 4.78 is 0. The summed E-state index contributed by atoms with van der Waals surface area (Å²) in [5.74, 6) is 0. The minimum atomic E-state index is 0.0497. The number of pyridine rings is 1. The Morgan fingerprint density at radius 1 is 1.73 bits per heavy atom. The van der Waals surface area contributed by atoms with Gasteiger partial charge in [-0.05, 0) is 18.6 Å². The lowest BCUT2D eigenvalue weighted by Crippen LogP contribution is -2.11. The highest BCUT2D eigenvalue weighted by Gasteiger charge is 2.01. The Morgan fingerprint density at radius 3 is 3.09 bits per heavy atom. The van der Waals surface area contributed by atoms with Crippen LogP contribution in [0.3, 0.4) is 0 Å². The number of hydrogen-bond acceptors (Lipinski definition) is 3. The second-order valence-corrected chi connectivity index (χ2v) is 2.26. The molecule has 0 fully saturated rings. The van der Waals surface area contributed by atoms with E-state index in [-0.39, 0.29) is 6.04 Å². The van der Waals surface area contributed by atoms with Crippen LogP contribution in [0.15, 0.2) is 24.5 Å². The average Bonchev–Trinajstić information content (AvgIpc) is 2.07. The molecule has 1 aromatic rings. The van der Waals surface area contributed by atoms with E-state index < -0.39 is 0 Å². The van der Waals surface area contributed by atoms with Crippen molar-refractivity contribution in [3.8, 4) is 6.19 Å². The van der Waals surface area contributed by atoms with Crippen molar-refractivity contribution < 1.29 is 0 Å². The third-order valence-electron chi connectivity index (χ3n) is 1.47. The van der Waals surface area contributed by atoms with E-state index >= 15 is 0 Å². The summed E-state index contributed by atoms with van der Waals surface area (Å²) in [7, 11) is 0. The minimum absolute atomic E-state index is 0.0497. The van der Waals surface area contributed by atoms with E-state index in [4.69, 9.17) is 5.26 Å². The zero-order valence-electron chi connectivity index (χ0n) is 6.28. The summed E-state index contributed by atoms with van der Waals surface area (Å²) in [6, 6.07) is 3.83. The van der Waals surface area contributed by atoms with Gasteiger partial charge in [-0.2, -0.15) is 5.26 Å². The highest BCUT2D eigenvalue weighted by molar-refractivity contribution is 5.13.